The lowest BCUT2D eigenvalue weighted by Gasteiger charge is -2.16. The van der Waals surface area contributed by atoms with Crippen LogP contribution >= 0.6 is 0 Å². The van der Waals surface area contributed by atoms with Crippen molar-refractivity contribution in [1.82, 2.24) is 0 Å². The van der Waals surface area contributed by atoms with Gasteiger partial charge in [-0.25, -0.2) is 4.39 Å². The van der Waals surface area contributed by atoms with Gasteiger partial charge in [0.1, 0.15) is 11.7 Å². The molecule has 0 atom stereocenters. The molecule has 2 rings (SSSR count). The molecule has 0 radical (unpaired) electrons. The maximum Gasteiger partial charge on any atom is 0.136 e. The number of halogens is 1. The van der Waals surface area contributed by atoms with Gasteiger partial charge < -0.3 is 11.1 Å². The third-order valence-corrected chi connectivity index (χ3v) is 3.00. The number of nitrogens with two attached hydrogens (primary N) is 1. The molecule has 0 unspecified atom stereocenters. The molecule has 1 aliphatic rings. The van der Waals surface area contributed by atoms with Gasteiger partial charge in [-0.15, -0.1) is 0 Å². The first-order chi connectivity index (χ1) is 7.68. The highest BCUT2D eigenvalue weighted by Crippen LogP contribution is 2.25. The molecule has 0 bridgehead atoms. The summed E-state index contributed by atoms with van der Waals surface area (Å²) in [5, 5.41) is 10.7. The standard InChI is InChI=1S/C12H16FN3/c13-9-6-3-7-10(11(9)12(14)15)16-8-4-1-2-5-8/h3,6-8,16H,1-2,4-5H2,(H3,14,15). The quantitative estimate of drug-likeness (QED) is 0.542. The number of rotatable bonds is 3. The molecule has 0 spiro atoms. The highest BCUT2D eigenvalue weighted by Gasteiger charge is 2.18. The number of benzene rings is 1. The van der Waals surface area contributed by atoms with E-state index in [9.17, 15) is 4.39 Å². The Balaban J connectivity index is 2.25. The minimum absolute atomic E-state index is 0.189. The smallest absolute Gasteiger partial charge is 0.136 e. The van der Waals surface area contributed by atoms with Crippen molar-refractivity contribution in [3.8, 4) is 0 Å². The van der Waals surface area contributed by atoms with Crippen molar-refractivity contribution in [3.05, 3.63) is 29.6 Å². The highest BCUT2D eigenvalue weighted by molar-refractivity contribution is 6.00. The molecule has 4 heteroatoms. The highest BCUT2D eigenvalue weighted by atomic mass is 19.1. The average Bonchev–Trinajstić information content (AvgIpc) is 2.70. The summed E-state index contributed by atoms with van der Waals surface area (Å²) < 4.78 is 13.5. The topological polar surface area (TPSA) is 61.9 Å². The molecule has 4 N–H and O–H groups in total. The Morgan fingerprint density at radius 2 is 2.06 bits per heavy atom. The molecule has 1 aliphatic carbocycles. The van der Waals surface area contributed by atoms with Crippen LogP contribution in [0.3, 0.4) is 0 Å². The zero-order chi connectivity index (χ0) is 11.5. The molecular formula is C12H16FN3. The van der Waals surface area contributed by atoms with Gasteiger partial charge in [-0.1, -0.05) is 18.9 Å². The molecule has 0 amide bonds. The minimum Gasteiger partial charge on any atom is -0.384 e. The fraction of sp³-hybridized carbons (Fsp3) is 0.417. The van der Waals surface area contributed by atoms with Crippen LogP contribution in [0.25, 0.3) is 0 Å². The summed E-state index contributed by atoms with van der Waals surface area (Å²) in [6.45, 7) is 0. The van der Waals surface area contributed by atoms with Gasteiger partial charge in [-0.2, -0.15) is 0 Å². The lowest BCUT2D eigenvalue weighted by molar-refractivity contribution is 0.624. The van der Waals surface area contributed by atoms with E-state index < -0.39 is 5.82 Å². The summed E-state index contributed by atoms with van der Waals surface area (Å²) in [7, 11) is 0. The second-order valence-corrected chi connectivity index (χ2v) is 4.20. The maximum atomic E-state index is 13.5. The van der Waals surface area contributed by atoms with E-state index >= 15 is 0 Å². The normalized spacial score (nSPS) is 16.3. The number of nitrogens with one attached hydrogen (secondary N) is 2. The van der Waals surface area contributed by atoms with Crippen LogP contribution in [0.15, 0.2) is 18.2 Å². The van der Waals surface area contributed by atoms with E-state index in [1.54, 1.807) is 12.1 Å². The second-order valence-electron chi connectivity index (χ2n) is 4.20. The lowest BCUT2D eigenvalue weighted by Crippen LogP contribution is -2.21. The van der Waals surface area contributed by atoms with Crippen LogP contribution in [0.4, 0.5) is 10.1 Å². The summed E-state index contributed by atoms with van der Waals surface area (Å²) in [4.78, 5) is 0. The second kappa shape index (κ2) is 4.51. The molecule has 0 aliphatic heterocycles. The van der Waals surface area contributed by atoms with Crippen molar-refractivity contribution < 1.29 is 4.39 Å². The molecule has 1 saturated carbocycles. The predicted octanol–water partition coefficient (Wildman–Crippen LogP) is 2.46. The average molecular weight is 221 g/mol. The Bertz CT molecular complexity index is 397. The molecule has 0 heterocycles. The van der Waals surface area contributed by atoms with Crippen molar-refractivity contribution in [2.45, 2.75) is 31.7 Å². The number of amidine groups is 1. The molecule has 3 nitrogen and oxygen atoms in total. The minimum atomic E-state index is -0.435. The SMILES string of the molecule is N=C(N)c1c(F)cccc1NC1CCCC1. The van der Waals surface area contributed by atoms with E-state index in [1.165, 1.54) is 18.9 Å². The van der Waals surface area contributed by atoms with Crippen molar-refractivity contribution in [3.63, 3.8) is 0 Å². The largest absolute Gasteiger partial charge is 0.384 e. The zero-order valence-electron chi connectivity index (χ0n) is 9.09. The van der Waals surface area contributed by atoms with Crippen LogP contribution in [-0.4, -0.2) is 11.9 Å². The van der Waals surface area contributed by atoms with Crippen molar-refractivity contribution in [1.29, 1.82) is 5.41 Å². The maximum absolute atomic E-state index is 13.5. The van der Waals surface area contributed by atoms with E-state index in [2.05, 4.69) is 5.32 Å². The summed E-state index contributed by atoms with van der Waals surface area (Å²) in [6.07, 6.45) is 4.63. The summed E-state index contributed by atoms with van der Waals surface area (Å²) >= 11 is 0. The Morgan fingerprint density at radius 3 is 2.69 bits per heavy atom. The van der Waals surface area contributed by atoms with Gasteiger partial charge in [0.2, 0.25) is 0 Å². The van der Waals surface area contributed by atoms with Crippen molar-refractivity contribution in [2.75, 3.05) is 5.32 Å². The van der Waals surface area contributed by atoms with Crippen LogP contribution < -0.4 is 11.1 Å². The molecule has 1 fully saturated rings. The number of hydrogen-bond donors (Lipinski definition) is 3. The van der Waals surface area contributed by atoms with Gasteiger partial charge >= 0.3 is 0 Å². The molecule has 86 valence electrons. The third-order valence-electron chi connectivity index (χ3n) is 3.00. The Morgan fingerprint density at radius 1 is 1.38 bits per heavy atom. The first-order valence-corrected chi connectivity index (χ1v) is 5.58. The molecule has 1 aromatic carbocycles. The van der Waals surface area contributed by atoms with Gasteiger partial charge in [0.05, 0.1) is 5.56 Å². The van der Waals surface area contributed by atoms with Gasteiger partial charge in [-0.3, -0.25) is 5.41 Å². The Kier molecular flexibility index (Phi) is 3.08. The fourth-order valence-electron chi connectivity index (χ4n) is 2.21. The van der Waals surface area contributed by atoms with E-state index in [0.29, 0.717) is 11.7 Å². The summed E-state index contributed by atoms with van der Waals surface area (Å²) in [5.74, 6) is -0.658. The van der Waals surface area contributed by atoms with Gasteiger partial charge in [0.15, 0.2) is 0 Å². The van der Waals surface area contributed by atoms with Crippen LogP contribution in [-0.2, 0) is 0 Å². The van der Waals surface area contributed by atoms with E-state index in [1.807, 2.05) is 0 Å². The molecule has 0 aromatic heterocycles. The van der Waals surface area contributed by atoms with Crippen LogP contribution in [0, 0.1) is 11.2 Å². The van der Waals surface area contributed by atoms with Crippen molar-refractivity contribution in [2.24, 2.45) is 5.73 Å². The monoisotopic (exact) mass is 221 g/mol. The van der Waals surface area contributed by atoms with Gasteiger partial charge in [0, 0.05) is 11.7 Å². The van der Waals surface area contributed by atoms with Gasteiger partial charge in [0.25, 0.3) is 0 Å². The van der Waals surface area contributed by atoms with E-state index in [4.69, 9.17) is 11.1 Å². The molecule has 16 heavy (non-hydrogen) atoms. The molecular weight excluding hydrogens is 205 g/mol. The first-order valence-electron chi connectivity index (χ1n) is 5.58. The summed E-state index contributed by atoms with van der Waals surface area (Å²) in [5.41, 5.74) is 6.22. The van der Waals surface area contributed by atoms with E-state index in [0.717, 1.165) is 12.8 Å². The first kappa shape index (κ1) is 10.9. The van der Waals surface area contributed by atoms with Crippen molar-refractivity contribution >= 4 is 11.5 Å². The van der Waals surface area contributed by atoms with Crippen LogP contribution in [0.2, 0.25) is 0 Å². The number of nitrogen functional groups attached to an aromatic ring is 1. The lowest BCUT2D eigenvalue weighted by atomic mass is 10.1. The predicted molar refractivity (Wildman–Crippen MR) is 63.3 cm³/mol. The zero-order valence-corrected chi connectivity index (χ0v) is 9.09. The Labute approximate surface area is 94.4 Å². The number of anilines is 1. The van der Waals surface area contributed by atoms with E-state index in [-0.39, 0.29) is 11.4 Å². The molecule has 0 saturated heterocycles. The number of hydrogen-bond acceptors (Lipinski definition) is 2. The molecule has 1 aromatic rings. The van der Waals surface area contributed by atoms with Crippen LogP contribution in [0.1, 0.15) is 31.2 Å². The summed E-state index contributed by atoms with van der Waals surface area (Å²) in [6, 6.07) is 5.13. The van der Waals surface area contributed by atoms with Gasteiger partial charge in [-0.05, 0) is 25.0 Å². The third kappa shape index (κ3) is 2.15. The van der Waals surface area contributed by atoms with Crippen LogP contribution in [0.5, 0.6) is 0 Å². The Hall–Kier alpha value is -1.58. The fourth-order valence-corrected chi connectivity index (χ4v) is 2.21.